The third-order valence-corrected chi connectivity index (χ3v) is 5.47. The molecule has 2 N–H and O–H groups in total. The van der Waals surface area contributed by atoms with E-state index in [0.29, 0.717) is 12.6 Å². The van der Waals surface area contributed by atoms with Crippen LogP contribution in [0.2, 0.25) is 0 Å². The van der Waals surface area contributed by atoms with E-state index in [1.165, 1.54) is 36.8 Å². The van der Waals surface area contributed by atoms with E-state index < -0.39 is 0 Å². The summed E-state index contributed by atoms with van der Waals surface area (Å²) < 4.78 is 0. The molecule has 1 saturated carbocycles. The van der Waals surface area contributed by atoms with Crippen LogP contribution in [0.15, 0.2) is 24.3 Å². The Kier molecular flexibility index (Phi) is 3.64. The molecule has 110 valence electrons. The van der Waals surface area contributed by atoms with Gasteiger partial charge in [-0.15, -0.1) is 0 Å². The fourth-order valence-electron chi connectivity index (χ4n) is 4.21. The van der Waals surface area contributed by atoms with Crippen molar-refractivity contribution in [1.82, 2.24) is 5.32 Å². The van der Waals surface area contributed by atoms with Crippen molar-refractivity contribution in [2.75, 3.05) is 13.2 Å². The Morgan fingerprint density at radius 2 is 1.90 bits per heavy atom. The van der Waals surface area contributed by atoms with E-state index in [1.54, 1.807) is 0 Å². The second-order valence-electron chi connectivity index (χ2n) is 7.54. The third kappa shape index (κ3) is 2.40. The summed E-state index contributed by atoms with van der Waals surface area (Å²) in [7, 11) is 0. The minimum atomic E-state index is 0.133. The van der Waals surface area contributed by atoms with Crippen LogP contribution in [0.1, 0.15) is 56.7 Å². The molecule has 2 aliphatic carbocycles. The van der Waals surface area contributed by atoms with Crippen LogP contribution in [0.25, 0.3) is 0 Å². The Morgan fingerprint density at radius 1 is 1.20 bits per heavy atom. The molecule has 2 aliphatic rings. The van der Waals surface area contributed by atoms with Crippen molar-refractivity contribution in [2.24, 2.45) is 10.8 Å². The van der Waals surface area contributed by atoms with Gasteiger partial charge >= 0.3 is 0 Å². The first kappa shape index (κ1) is 14.1. The summed E-state index contributed by atoms with van der Waals surface area (Å²) in [5, 5.41) is 13.6. The lowest BCUT2D eigenvalue weighted by Gasteiger charge is -2.34. The average Bonchev–Trinajstić information content (AvgIpc) is 2.98. The summed E-state index contributed by atoms with van der Waals surface area (Å²) in [4.78, 5) is 0. The molecular weight excluding hydrogens is 246 g/mol. The summed E-state index contributed by atoms with van der Waals surface area (Å²) in [6.45, 7) is 5.98. The first-order chi connectivity index (χ1) is 9.56. The van der Waals surface area contributed by atoms with E-state index in [9.17, 15) is 5.11 Å². The van der Waals surface area contributed by atoms with Crippen LogP contribution in [0, 0.1) is 10.8 Å². The minimum absolute atomic E-state index is 0.133. The fourth-order valence-corrected chi connectivity index (χ4v) is 4.21. The van der Waals surface area contributed by atoms with E-state index in [-0.39, 0.29) is 10.8 Å². The highest BCUT2D eigenvalue weighted by Gasteiger charge is 2.40. The summed E-state index contributed by atoms with van der Waals surface area (Å²) in [5.74, 6) is 0. The van der Waals surface area contributed by atoms with E-state index in [0.717, 1.165) is 13.0 Å². The highest BCUT2D eigenvalue weighted by molar-refractivity contribution is 5.37. The van der Waals surface area contributed by atoms with E-state index in [2.05, 4.69) is 43.4 Å². The molecule has 3 rings (SSSR count). The SMILES string of the molecule is CC1(C)Cc2ccccc2C1NCC1(CO)CCCC1. The van der Waals surface area contributed by atoms with E-state index >= 15 is 0 Å². The van der Waals surface area contributed by atoms with Crippen molar-refractivity contribution in [3.63, 3.8) is 0 Å². The van der Waals surface area contributed by atoms with Crippen LogP contribution in [-0.4, -0.2) is 18.3 Å². The molecule has 2 nitrogen and oxygen atoms in total. The zero-order valence-electron chi connectivity index (χ0n) is 12.8. The Morgan fingerprint density at radius 3 is 2.60 bits per heavy atom. The largest absolute Gasteiger partial charge is 0.396 e. The van der Waals surface area contributed by atoms with Gasteiger partial charge in [0.15, 0.2) is 0 Å². The van der Waals surface area contributed by atoms with Crippen LogP contribution in [0.3, 0.4) is 0 Å². The van der Waals surface area contributed by atoms with Crippen LogP contribution < -0.4 is 5.32 Å². The van der Waals surface area contributed by atoms with Crippen molar-refractivity contribution in [3.05, 3.63) is 35.4 Å². The first-order valence-electron chi connectivity index (χ1n) is 7.98. The summed E-state index contributed by atoms with van der Waals surface area (Å²) in [5.41, 5.74) is 3.34. The van der Waals surface area contributed by atoms with Crippen LogP contribution in [0.5, 0.6) is 0 Å². The molecule has 0 heterocycles. The van der Waals surface area contributed by atoms with Gasteiger partial charge in [-0.1, -0.05) is 51.0 Å². The number of benzene rings is 1. The molecule has 0 amide bonds. The average molecular weight is 273 g/mol. The summed E-state index contributed by atoms with van der Waals surface area (Å²) in [6.07, 6.45) is 6.03. The maximum absolute atomic E-state index is 9.78. The monoisotopic (exact) mass is 273 g/mol. The molecule has 0 radical (unpaired) electrons. The van der Waals surface area contributed by atoms with Crippen molar-refractivity contribution < 1.29 is 5.11 Å². The molecule has 1 aromatic rings. The number of aliphatic hydroxyl groups excluding tert-OH is 1. The fraction of sp³-hybridized carbons (Fsp3) is 0.667. The number of rotatable bonds is 4. The highest BCUT2D eigenvalue weighted by Crippen LogP contribution is 2.46. The van der Waals surface area contributed by atoms with E-state index in [4.69, 9.17) is 0 Å². The Labute approximate surface area is 122 Å². The second kappa shape index (κ2) is 5.16. The lowest BCUT2D eigenvalue weighted by Crippen LogP contribution is -2.40. The van der Waals surface area contributed by atoms with Gasteiger partial charge in [0.1, 0.15) is 0 Å². The van der Waals surface area contributed by atoms with E-state index in [1.807, 2.05) is 0 Å². The smallest absolute Gasteiger partial charge is 0.0499 e. The van der Waals surface area contributed by atoms with Gasteiger partial charge in [-0.2, -0.15) is 0 Å². The van der Waals surface area contributed by atoms with Gasteiger partial charge < -0.3 is 10.4 Å². The maximum Gasteiger partial charge on any atom is 0.0499 e. The third-order valence-electron chi connectivity index (χ3n) is 5.47. The van der Waals surface area contributed by atoms with Crippen molar-refractivity contribution in [1.29, 1.82) is 0 Å². The van der Waals surface area contributed by atoms with Crippen LogP contribution in [0.4, 0.5) is 0 Å². The molecule has 0 bridgehead atoms. The Hall–Kier alpha value is -0.860. The number of nitrogens with one attached hydrogen (secondary N) is 1. The predicted octanol–water partition coefficient (Wildman–Crippen LogP) is 3.45. The molecule has 1 aromatic carbocycles. The molecule has 2 heteroatoms. The van der Waals surface area contributed by atoms with Gasteiger partial charge in [0, 0.05) is 24.6 Å². The second-order valence-corrected chi connectivity index (χ2v) is 7.54. The lowest BCUT2D eigenvalue weighted by molar-refractivity contribution is 0.116. The normalized spacial score (nSPS) is 26.6. The maximum atomic E-state index is 9.78. The van der Waals surface area contributed by atoms with Crippen molar-refractivity contribution in [3.8, 4) is 0 Å². The number of hydrogen-bond donors (Lipinski definition) is 2. The minimum Gasteiger partial charge on any atom is -0.396 e. The Balaban J connectivity index is 1.76. The quantitative estimate of drug-likeness (QED) is 0.880. The standard InChI is InChI=1S/C18H27NO/c1-17(2)11-14-7-3-4-8-15(14)16(17)19-12-18(13-20)9-5-6-10-18/h3-4,7-8,16,19-20H,5-6,9-13H2,1-2H3. The highest BCUT2D eigenvalue weighted by atomic mass is 16.3. The van der Waals surface area contributed by atoms with Crippen molar-refractivity contribution in [2.45, 2.75) is 52.0 Å². The topological polar surface area (TPSA) is 32.3 Å². The van der Waals surface area contributed by atoms with Crippen LogP contribution >= 0.6 is 0 Å². The van der Waals surface area contributed by atoms with Crippen molar-refractivity contribution >= 4 is 0 Å². The molecule has 0 spiro atoms. The van der Waals surface area contributed by atoms with Gasteiger partial charge in [0.25, 0.3) is 0 Å². The van der Waals surface area contributed by atoms with Gasteiger partial charge in [0.2, 0.25) is 0 Å². The molecular formula is C18H27NO. The molecule has 1 unspecified atom stereocenters. The van der Waals surface area contributed by atoms with Gasteiger partial charge in [-0.05, 0) is 35.8 Å². The summed E-state index contributed by atoms with van der Waals surface area (Å²) >= 11 is 0. The van der Waals surface area contributed by atoms with Gasteiger partial charge in [-0.3, -0.25) is 0 Å². The lowest BCUT2D eigenvalue weighted by atomic mass is 9.82. The number of fused-ring (bicyclic) bond motifs is 1. The first-order valence-corrected chi connectivity index (χ1v) is 7.98. The molecule has 1 atom stereocenters. The summed E-state index contributed by atoms with van der Waals surface area (Å²) in [6, 6.07) is 9.23. The number of hydrogen-bond acceptors (Lipinski definition) is 2. The zero-order valence-corrected chi connectivity index (χ0v) is 12.8. The van der Waals surface area contributed by atoms with Gasteiger partial charge in [0.05, 0.1) is 0 Å². The zero-order chi connectivity index (χ0) is 14.2. The van der Waals surface area contributed by atoms with Crippen LogP contribution in [-0.2, 0) is 6.42 Å². The molecule has 0 aliphatic heterocycles. The predicted molar refractivity (Wildman–Crippen MR) is 82.7 cm³/mol. The number of aliphatic hydroxyl groups is 1. The molecule has 0 saturated heterocycles. The Bertz CT molecular complexity index is 474. The van der Waals surface area contributed by atoms with Gasteiger partial charge in [-0.25, -0.2) is 0 Å². The molecule has 1 fully saturated rings. The molecule has 0 aromatic heterocycles. The molecule has 20 heavy (non-hydrogen) atoms.